The van der Waals surface area contributed by atoms with Crippen LogP contribution >= 0.6 is 11.6 Å². The number of nitrogens with one attached hydrogen (secondary N) is 2. The van der Waals surface area contributed by atoms with Gasteiger partial charge in [0.1, 0.15) is 0 Å². The molecule has 6 nitrogen and oxygen atoms in total. The highest BCUT2D eigenvalue weighted by Gasteiger charge is 2.18. The van der Waals surface area contributed by atoms with Gasteiger partial charge in [-0.25, -0.2) is 5.10 Å². The molecule has 2 N–H and O–H groups in total. The first-order valence-corrected chi connectivity index (χ1v) is 7.27. The van der Waals surface area contributed by atoms with Crippen LogP contribution in [0.2, 0.25) is 5.02 Å². The summed E-state index contributed by atoms with van der Waals surface area (Å²) in [5.41, 5.74) is 2.45. The Bertz CT molecular complexity index is 1040. The van der Waals surface area contributed by atoms with Crippen LogP contribution in [0, 0.1) is 0 Å². The van der Waals surface area contributed by atoms with Crippen LogP contribution in [0.1, 0.15) is 0 Å². The SMILES string of the molecule is O=c1[nH]c2ccc(Cl)cc2c(-c2ccccc2)c1-c1nnn[nH]1. The summed E-state index contributed by atoms with van der Waals surface area (Å²) in [5.74, 6) is 0.312. The van der Waals surface area contributed by atoms with Crippen molar-refractivity contribution in [3.63, 3.8) is 0 Å². The van der Waals surface area contributed by atoms with Gasteiger partial charge in [0.15, 0.2) is 5.82 Å². The maximum absolute atomic E-state index is 12.6. The van der Waals surface area contributed by atoms with Crippen LogP contribution in [0.3, 0.4) is 0 Å². The second-order valence-electron chi connectivity index (χ2n) is 5.01. The van der Waals surface area contributed by atoms with Crippen molar-refractivity contribution in [3.05, 3.63) is 63.9 Å². The molecule has 0 bridgehead atoms. The Balaban J connectivity index is 2.20. The fourth-order valence-electron chi connectivity index (χ4n) is 2.66. The molecule has 0 aliphatic heterocycles. The Morgan fingerprint density at radius 3 is 2.57 bits per heavy atom. The maximum atomic E-state index is 12.6. The topological polar surface area (TPSA) is 87.3 Å². The van der Waals surface area contributed by atoms with E-state index in [-0.39, 0.29) is 5.56 Å². The van der Waals surface area contributed by atoms with Crippen LogP contribution in [0.15, 0.2) is 53.3 Å². The van der Waals surface area contributed by atoms with E-state index in [1.54, 1.807) is 12.1 Å². The summed E-state index contributed by atoms with van der Waals surface area (Å²) in [5, 5.41) is 15.1. The van der Waals surface area contributed by atoms with Crippen molar-refractivity contribution >= 4 is 22.5 Å². The zero-order valence-corrected chi connectivity index (χ0v) is 12.5. The molecule has 4 rings (SSSR count). The summed E-state index contributed by atoms with van der Waals surface area (Å²) < 4.78 is 0. The summed E-state index contributed by atoms with van der Waals surface area (Å²) >= 11 is 6.15. The summed E-state index contributed by atoms with van der Waals surface area (Å²) in [6, 6.07) is 15.0. The molecule has 112 valence electrons. The Hall–Kier alpha value is -2.99. The largest absolute Gasteiger partial charge is 0.321 e. The van der Waals surface area contributed by atoms with Gasteiger partial charge in [0.25, 0.3) is 5.56 Å². The Kier molecular flexibility index (Phi) is 3.17. The van der Waals surface area contributed by atoms with Crippen molar-refractivity contribution in [2.45, 2.75) is 0 Å². The maximum Gasteiger partial charge on any atom is 0.260 e. The molecule has 7 heteroatoms. The highest BCUT2D eigenvalue weighted by atomic mass is 35.5. The molecule has 0 atom stereocenters. The summed E-state index contributed by atoms with van der Waals surface area (Å²) in [7, 11) is 0. The van der Waals surface area contributed by atoms with Crippen molar-refractivity contribution in [3.8, 4) is 22.5 Å². The van der Waals surface area contributed by atoms with Crippen molar-refractivity contribution in [2.24, 2.45) is 0 Å². The average molecular weight is 324 g/mol. The van der Waals surface area contributed by atoms with Crippen molar-refractivity contribution in [1.82, 2.24) is 25.6 Å². The highest BCUT2D eigenvalue weighted by Crippen LogP contribution is 2.34. The third-order valence-corrected chi connectivity index (χ3v) is 3.86. The minimum atomic E-state index is -0.266. The van der Waals surface area contributed by atoms with E-state index in [9.17, 15) is 4.79 Å². The van der Waals surface area contributed by atoms with Gasteiger partial charge in [-0.2, -0.15) is 0 Å². The number of halogens is 1. The number of hydrogen-bond donors (Lipinski definition) is 2. The van der Waals surface area contributed by atoms with Gasteiger partial charge in [-0.15, -0.1) is 5.10 Å². The summed E-state index contributed by atoms with van der Waals surface area (Å²) in [4.78, 5) is 15.5. The minimum absolute atomic E-state index is 0.266. The molecule has 4 aromatic rings. The van der Waals surface area contributed by atoms with Crippen LogP contribution in [0.5, 0.6) is 0 Å². The number of pyridine rings is 1. The van der Waals surface area contributed by atoms with E-state index in [0.717, 1.165) is 16.5 Å². The second-order valence-corrected chi connectivity index (χ2v) is 5.45. The number of rotatable bonds is 2. The van der Waals surface area contributed by atoms with E-state index in [0.29, 0.717) is 21.9 Å². The molecule has 0 radical (unpaired) electrons. The molecule has 2 aromatic heterocycles. The number of hydrogen-bond acceptors (Lipinski definition) is 4. The van der Waals surface area contributed by atoms with Crippen molar-refractivity contribution in [2.75, 3.05) is 0 Å². The van der Waals surface area contributed by atoms with Gasteiger partial charge in [0.05, 0.1) is 5.56 Å². The standard InChI is InChI=1S/C16H10ClN5O/c17-10-6-7-12-11(8-10)13(9-4-2-1-3-5-9)14(16(23)18-12)15-19-21-22-20-15/h1-8H,(H,18,23)(H,19,20,21,22). The fourth-order valence-corrected chi connectivity index (χ4v) is 2.83. The fraction of sp³-hybridized carbons (Fsp3) is 0. The Labute approximate surface area is 135 Å². The predicted molar refractivity (Wildman–Crippen MR) is 88.2 cm³/mol. The van der Waals surface area contributed by atoms with Crippen molar-refractivity contribution < 1.29 is 0 Å². The molecular weight excluding hydrogens is 314 g/mol. The molecule has 0 amide bonds. The summed E-state index contributed by atoms with van der Waals surface area (Å²) in [6.07, 6.45) is 0. The van der Waals surface area contributed by atoms with E-state index >= 15 is 0 Å². The number of H-pyrrole nitrogens is 2. The van der Waals surface area contributed by atoms with E-state index in [2.05, 4.69) is 25.6 Å². The van der Waals surface area contributed by atoms with Crippen LogP contribution < -0.4 is 5.56 Å². The molecule has 0 fully saturated rings. The van der Waals surface area contributed by atoms with E-state index in [1.165, 1.54) is 0 Å². The zero-order valence-electron chi connectivity index (χ0n) is 11.7. The van der Waals surface area contributed by atoms with Crippen LogP contribution in [0.4, 0.5) is 0 Å². The van der Waals surface area contributed by atoms with Crippen LogP contribution in [-0.4, -0.2) is 25.6 Å². The lowest BCUT2D eigenvalue weighted by Gasteiger charge is -2.11. The number of aromatic nitrogens is 5. The lowest BCUT2D eigenvalue weighted by molar-refractivity contribution is 0.881. The van der Waals surface area contributed by atoms with E-state index in [4.69, 9.17) is 11.6 Å². The van der Waals surface area contributed by atoms with Gasteiger partial charge in [-0.05, 0) is 34.2 Å². The predicted octanol–water partition coefficient (Wildman–Crippen LogP) is 3.03. The molecule has 23 heavy (non-hydrogen) atoms. The molecule has 0 unspecified atom stereocenters. The van der Waals surface area contributed by atoms with Crippen molar-refractivity contribution in [1.29, 1.82) is 0 Å². The van der Waals surface area contributed by atoms with Gasteiger partial charge in [-0.3, -0.25) is 4.79 Å². The number of aromatic amines is 2. The number of benzene rings is 2. The Morgan fingerprint density at radius 1 is 1.00 bits per heavy atom. The summed E-state index contributed by atoms with van der Waals surface area (Å²) in [6.45, 7) is 0. The monoisotopic (exact) mass is 323 g/mol. The Morgan fingerprint density at radius 2 is 1.83 bits per heavy atom. The van der Waals surface area contributed by atoms with Crippen LogP contribution in [-0.2, 0) is 0 Å². The lowest BCUT2D eigenvalue weighted by Crippen LogP contribution is -2.12. The normalized spacial score (nSPS) is 11.0. The van der Waals surface area contributed by atoms with Crippen LogP contribution in [0.25, 0.3) is 33.4 Å². The van der Waals surface area contributed by atoms with E-state index in [1.807, 2.05) is 36.4 Å². The van der Waals surface area contributed by atoms with Gasteiger partial charge in [-0.1, -0.05) is 41.9 Å². The molecule has 2 heterocycles. The molecular formula is C16H10ClN5O. The minimum Gasteiger partial charge on any atom is -0.321 e. The van der Waals surface area contributed by atoms with Gasteiger partial charge in [0.2, 0.25) is 0 Å². The first-order valence-electron chi connectivity index (χ1n) is 6.89. The quantitative estimate of drug-likeness (QED) is 0.593. The number of fused-ring (bicyclic) bond motifs is 1. The second kappa shape index (κ2) is 5.33. The molecule has 0 saturated heterocycles. The van der Waals surface area contributed by atoms with Gasteiger partial charge >= 0.3 is 0 Å². The van der Waals surface area contributed by atoms with Gasteiger partial charge < -0.3 is 4.98 Å². The first kappa shape index (κ1) is 13.7. The zero-order chi connectivity index (χ0) is 15.8. The molecule has 2 aromatic carbocycles. The average Bonchev–Trinajstić information content (AvgIpc) is 3.09. The smallest absolute Gasteiger partial charge is 0.260 e. The lowest BCUT2D eigenvalue weighted by atomic mass is 9.96. The molecule has 0 aliphatic carbocycles. The molecule has 0 spiro atoms. The molecule has 0 saturated carbocycles. The van der Waals surface area contributed by atoms with E-state index < -0.39 is 0 Å². The highest BCUT2D eigenvalue weighted by molar-refractivity contribution is 6.31. The number of tetrazole rings is 1. The molecule has 0 aliphatic rings. The first-order chi connectivity index (χ1) is 11.2. The van der Waals surface area contributed by atoms with Gasteiger partial charge in [0, 0.05) is 21.5 Å². The third-order valence-electron chi connectivity index (χ3n) is 3.62. The third kappa shape index (κ3) is 2.29. The number of nitrogens with zero attached hydrogens (tertiary/aromatic N) is 3.